The number of rotatable bonds is 3. The van der Waals surface area contributed by atoms with Crippen molar-refractivity contribution < 1.29 is 23.9 Å². The van der Waals surface area contributed by atoms with E-state index in [-0.39, 0.29) is 29.4 Å². The third-order valence-electron chi connectivity index (χ3n) is 4.09. The average molecular weight is 344 g/mol. The molecule has 25 heavy (non-hydrogen) atoms. The van der Waals surface area contributed by atoms with Crippen LogP contribution in [-0.2, 0) is 9.59 Å². The number of hydrogen-bond donors (Lipinski definition) is 1. The number of benzene rings is 1. The van der Waals surface area contributed by atoms with Gasteiger partial charge in [-0.1, -0.05) is 26.8 Å². The van der Waals surface area contributed by atoms with Crippen molar-refractivity contribution in [3.63, 3.8) is 0 Å². The molecule has 7 heteroatoms. The quantitative estimate of drug-likeness (QED) is 0.839. The number of ether oxygens (including phenoxy) is 1. The molecule has 1 atom stereocenters. The van der Waals surface area contributed by atoms with E-state index in [1.165, 1.54) is 0 Å². The molecule has 0 radical (unpaired) electrons. The van der Waals surface area contributed by atoms with E-state index in [1.54, 1.807) is 18.2 Å². The second kappa shape index (κ2) is 5.98. The number of amides is 4. The van der Waals surface area contributed by atoms with Gasteiger partial charge in [0.05, 0.1) is 17.7 Å². The highest BCUT2D eigenvalue weighted by Gasteiger charge is 2.46. The largest absolute Gasteiger partial charge is 0.492 e. The zero-order valence-electron chi connectivity index (χ0n) is 14.4. The summed E-state index contributed by atoms with van der Waals surface area (Å²) in [6.45, 7) is 6.37. The van der Waals surface area contributed by atoms with Crippen molar-refractivity contribution in [3.05, 3.63) is 29.3 Å². The molecule has 1 aromatic carbocycles. The Hall–Kier alpha value is -2.70. The van der Waals surface area contributed by atoms with E-state index in [1.807, 2.05) is 20.8 Å². The van der Waals surface area contributed by atoms with Crippen LogP contribution in [0.4, 0.5) is 0 Å². The molecule has 2 heterocycles. The summed E-state index contributed by atoms with van der Waals surface area (Å²) in [5.41, 5.74) is 0.292. The summed E-state index contributed by atoms with van der Waals surface area (Å²) in [4.78, 5) is 49.8. The molecule has 2 aliphatic rings. The topological polar surface area (TPSA) is 92.8 Å². The molecule has 0 bridgehead atoms. The maximum Gasteiger partial charge on any atom is 0.266 e. The smallest absolute Gasteiger partial charge is 0.266 e. The second-order valence-electron chi connectivity index (χ2n) is 7.48. The van der Waals surface area contributed by atoms with E-state index in [0.29, 0.717) is 12.4 Å². The van der Waals surface area contributed by atoms with E-state index >= 15 is 0 Å². The number of fused-ring (bicyclic) bond motifs is 1. The predicted octanol–water partition coefficient (Wildman–Crippen LogP) is 1.51. The van der Waals surface area contributed by atoms with E-state index in [4.69, 9.17) is 4.74 Å². The third-order valence-corrected chi connectivity index (χ3v) is 4.09. The molecule has 2 aliphatic heterocycles. The Morgan fingerprint density at radius 3 is 2.52 bits per heavy atom. The van der Waals surface area contributed by atoms with Crippen molar-refractivity contribution in [2.45, 2.75) is 39.7 Å². The van der Waals surface area contributed by atoms with Crippen LogP contribution < -0.4 is 10.1 Å². The van der Waals surface area contributed by atoms with Crippen LogP contribution in [0.5, 0.6) is 5.75 Å². The van der Waals surface area contributed by atoms with Crippen LogP contribution in [0.3, 0.4) is 0 Å². The van der Waals surface area contributed by atoms with Gasteiger partial charge in [0, 0.05) is 6.42 Å². The number of nitrogens with zero attached hydrogens (tertiary/aromatic N) is 1. The Kier molecular flexibility index (Phi) is 4.10. The molecule has 132 valence electrons. The average Bonchev–Trinajstić information content (AvgIpc) is 2.77. The number of nitrogens with one attached hydrogen (secondary N) is 1. The van der Waals surface area contributed by atoms with Crippen molar-refractivity contribution >= 4 is 23.6 Å². The standard InChI is InChI=1S/C18H20N2O5/c1-18(2,3)9-25-12-6-4-5-10-14(12)17(24)20(16(10)23)11-7-8-13(21)19-15(11)22/h4-6,11H,7-9H2,1-3H3,(H,19,21,22). The lowest BCUT2D eigenvalue weighted by Gasteiger charge is -2.27. The van der Waals surface area contributed by atoms with E-state index in [9.17, 15) is 19.2 Å². The van der Waals surface area contributed by atoms with Gasteiger partial charge >= 0.3 is 0 Å². The molecule has 0 aliphatic carbocycles. The summed E-state index contributed by atoms with van der Waals surface area (Å²) in [6, 6.07) is 3.87. The van der Waals surface area contributed by atoms with Crippen LogP contribution >= 0.6 is 0 Å². The Balaban J connectivity index is 1.91. The fraction of sp³-hybridized carbons (Fsp3) is 0.444. The Morgan fingerprint density at radius 1 is 1.16 bits per heavy atom. The molecular formula is C18H20N2O5. The third kappa shape index (κ3) is 3.14. The van der Waals surface area contributed by atoms with Gasteiger partial charge in [0.1, 0.15) is 11.8 Å². The Bertz CT molecular complexity index is 778. The number of carbonyl (C=O) groups is 4. The first-order valence-corrected chi connectivity index (χ1v) is 8.16. The number of piperidine rings is 1. The van der Waals surface area contributed by atoms with Gasteiger partial charge in [0.2, 0.25) is 11.8 Å². The van der Waals surface area contributed by atoms with Gasteiger partial charge < -0.3 is 4.74 Å². The van der Waals surface area contributed by atoms with Crippen LogP contribution in [0, 0.1) is 5.41 Å². The maximum atomic E-state index is 12.8. The van der Waals surface area contributed by atoms with Crippen LogP contribution in [0.25, 0.3) is 0 Å². The van der Waals surface area contributed by atoms with E-state index < -0.39 is 29.7 Å². The molecular weight excluding hydrogens is 324 g/mol. The van der Waals surface area contributed by atoms with E-state index in [2.05, 4.69) is 5.32 Å². The lowest BCUT2D eigenvalue weighted by Crippen LogP contribution is -2.54. The van der Waals surface area contributed by atoms with Gasteiger partial charge in [0.25, 0.3) is 11.8 Å². The van der Waals surface area contributed by atoms with Crippen LogP contribution in [-0.4, -0.2) is 41.2 Å². The highest BCUT2D eigenvalue weighted by molar-refractivity contribution is 6.24. The summed E-state index contributed by atoms with van der Waals surface area (Å²) in [5, 5.41) is 2.18. The Morgan fingerprint density at radius 2 is 1.88 bits per heavy atom. The molecule has 4 amide bonds. The minimum atomic E-state index is -0.972. The number of carbonyl (C=O) groups excluding carboxylic acids is 4. The van der Waals surface area contributed by atoms with Gasteiger partial charge in [-0.3, -0.25) is 29.4 Å². The summed E-state index contributed by atoms with van der Waals surface area (Å²) >= 11 is 0. The zero-order chi connectivity index (χ0) is 18.4. The van der Waals surface area contributed by atoms with Crippen LogP contribution in [0.1, 0.15) is 54.3 Å². The van der Waals surface area contributed by atoms with Gasteiger partial charge in [0.15, 0.2) is 0 Å². The van der Waals surface area contributed by atoms with E-state index in [0.717, 1.165) is 4.90 Å². The molecule has 0 spiro atoms. The van der Waals surface area contributed by atoms with Gasteiger partial charge in [-0.25, -0.2) is 0 Å². The molecule has 1 aromatic rings. The highest BCUT2D eigenvalue weighted by atomic mass is 16.5. The van der Waals surface area contributed by atoms with Gasteiger partial charge in [-0.2, -0.15) is 0 Å². The molecule has 1 saturated heterocycles. The SMILES string of the molecule is CC(C)(C)COc1cccc2c1C(=O)N(C1CCC(=O)NC1=O)C2=O. The van der Waals surface area contributed by atoms with Gasteiger partial charge in [-0.15, -0.1) is 0 Å². The summed E-state index contributed by atoms with van der Waals surface area (Å²) < 4.78 is 5.76. The molecule has 7 nitrogen and oxygen atoms in total. The fourth-order valence-corrected chi connectivity index (χ4v) is 2.90. The van der Waals surface area contributed by atoms with Crippen LogP contribution in [0.2, 0.25) is 0 Å². The molecule has 1 unspecified atom stereocenters. The second-order valence-corrected chi connectivity index (χ2v) is 7.48. The number of hydrogen-bond acceptors (Lipinski definition) is 5. The van der Waals surface area contributed by atoms with Crippen molar-refractivity contribution in [1.29, 1.82) is 0 Å². The summed E-state index contributed by atoms with van der Waals surface area (Å²) in [7, 11) is 0. The first kappa shape index (κ1) is 17.1. The monoisotopic (exact) mass is 344 g/mol. The molecule has 3 rings (SSSR count). The normalized spacial score (nSPS) is 20.6. The van der Waals surface area contributed by atoms with Crippen molar-refractivity contribution in [2.24, 2.45) is 5.41 Å². The van der Waals surface area contributed by atoms with Crippen LogP contribution in [0.15, 0.2) is 18.2 Å². The lowest BCUT2D eigenvalue weighted by molar-refractivity contribution is -0.136. The maximum absolute atomic E-state index is 12.8. The molecule has 1 N–H and O–H groups in total. The number of imide groups is 2. The van der Waals surface area contributed by atoms with Gasteiger partial charge in [-0.05, 0) is 24.0 Å². The zero-order valence-corrected chi connectivity index (χ0v) is 14.4. The molecule has 0 saturated carbocycles. The lowest BCUT2D eigenvalue weighted by atomic mass is 9.98. The molecule has 1 fully saturated rings. The summed E-state index contributed by atoms with van der Waals surface area (Å²) in [5.74, 6) is -1.77. The fourth-order valence-electron chi connectivity index (χ4n) is 2.90. The minimum absolute atomic E-state index is 0.0944. The minimum Gasteiger partial charge on any atom is -0.492 e. The Labute approximate surface area is 145 Å². The van der Waals surface area contributed by atoms with Crippen molar-refractivity contribution in [3.8, 4) is 5.75 Å². The highest BCUT2D eigenvalue weighted by Crippen LogP contribution is 2.34. The van der Waals surface area contributed by atoms with Crippen molar-refractivity contribution in [2.75, 3.05) is 6.61 Å². The van der Waals surface area contributed by atoms with Crippen molar-refractivity contribution in [1.82, 2.24) is 10.2 Å². The first-order chi connectivity index (χ1) is 11.7. The summed E-state index contributed by atoms with van der Waals surface area (Å²) in [6.07, 6.45) is 0.228. The first-order valence-electron chi connectivity index (χ1n) is 8.16. The predicted molar refractivity (Wildman–Crippen MR) is 88.1 cm³/mol. The molecule has 0 aromatic heterocycles.